The second-order valence-electron chi connectivity index (χ2n) is 8.80. The zero-order chi connectivity index (χ0) is 23.0. The largest absolute Gasteiger partial charge is 0.283 e. The van der Waals surface area contributed by atoms with Crippen LogP contribution in [0.1, 0.15) is 29.2 Å². The molecule has 0 aliphatic carbocycles. The van der Waals surface area contributed by atoms with Crippen molar-refractivity contribution in [3.05, 3.63) is 93.5 Å². The van der Waals surface area contributed by atoms with Crippen LogP contribution in [0, 0.1) is 20.8 Å². The highest BCUT2D eigenvalue weighted by Crippen LogP contribution is 2.38. The molecule has 1 atom stereocenters. The number of nitrogens with zero attached hydrogens (tertiary/aromatic N) is 2. The molecule has 0 radical (unpaired) electrons. The fraction of sp³-hybridized carbons (Fsp3) is 0.259. The molecule has 32 heavy (non-hydrogen) atoms. The van der Waals surface area contributed by atoms with Crippen molar-refractivity contribution in [2.75, 3.05) is 11.9 Å². The maximum absolute atomic E-state index is 5.94. The van der Waals surface area contributed by atoms with Crippen molar-refractivity contribution in [2.45, 2.75) is 39.7 Å². The number of thiocarbonyl (C=S) groups is 1. The number of rotatable bonds is 4. The van der Waals surface area contributed by atoms with Crippen LogP contribution in [0.25, 0.3) is 0 Å². The molecule has 3 aromatic rings. The summed E-state index contributed by atoms with van der Waals surface area (Å²) < 4.78 is 3.32. The van der Waals surface area contributed by atoms with Crippen molar-refractivity contribution >= 4 is 50.5 Å². The van der Waals surface area contributed by atoms with Crippen molar-refractivity contribution in [1.29, 1.82) is 0 Å². The van der Waals surface area contributed by atoms with Crippen molar-refractivity contribution < 1.29 is 4.58 Å². The summed E-state index contributed by atoms with van der Waals surface area (Å²) in [7, 11) is 2.14. The summed E-state index contributed by atoms with van der Waals surface area (Å²) in [5.74, 6) is 1.08. The van der Waals surface area contributed by atoms with Crippen LogP contribution in [-0.2, 0) is 6.42 Å². The van der Waals surface area contributed by atoms with Gasteiger partial charge in [0.2, 0.25) is 0 Å². The predicted octanol–water partition coefficient (Wildman–Crippen LogP) is 6.44. The van der Waals surface area contributed by atoms with Gasteiger partial charge in [-0.3, -0.25) is 4.90 Å². The Bertz CT molecular complexity index is 1200. The molecule has 1 saturated heterocycles. The molecule has 0 spiro atoms. The number of para-hydroxylation sites is 1. The molecule has 1 N–H and O–H groups in total. The molecule has 1 aliphatic rings. The first-order valence-corrected chi connectivity index (χ1v) is 12.0. The van der Waals surface area contributed by atoms with Gasteiger partial charge in [0, 0.05) is 10.9 Å². The summed E-state index contributed by atoms with van der Waals surface area (Å²) in [6.45, 7) is 8.70. The number of hydrogen-bond donors (Lipinski definition) is 1. The van der Waals surface area contributed by atoms with Crippen LogP contribution >= 0.6 is 28.1 Å². The highest BCUT2D eigenvalue weighted by Gasteiger charge is 2.53. The van der Waals surface area contributed by atoms with E-state index in [0.717, 1.165) is 22.4 Å². The van der Waals surface area contributed by atoms with E-state index >= 15 is 0 Å². The minimum atomic E-state index is -0.403. The van der Waals surface area contributed by atoms with E-state index in [1.807, 2.05) is 0 Å². The molecule has 0 aromatic heterocycles. The normalized spacial score (nSPS) is 19.8. The van der Waals surface area contributed by atoms with E-state index < -0.39 is 5.54 Å². The molecule has 0 amide bonds. The van der Waals surface area contributed by atoms with Gasteiger partial charge in [-0.15, -0.1) is 0 Å². The number of nitrogens with one attached hydrogen (secondary N) is 1. The second kappa shape index (κ2) is 8.80. The Morgan fingerprint density at radius 3 is 2.25 bits per heavy atom. The average Bonchev–Trinajstić information content (AvgIpc) is 2.99. The highest BCUT2D eigenvalue weighted by atomic mass is 79.9. The van der Waals surface area contributed by atoms with Crippen molar-refractivity contribution in [3.8, 4) is 0 Å². The summed E-state index contributed by atoms with van der Waals surface area (Å²) >= 11 is 9.73. The van der Waals surface area contributed by atoms with E-state index in [1.54, 1.807) is 0 Å². The summed E-state index contributed by atoms with van der Waals surface area (Å²) in [4.78, 5) is 2.26. The first-order valence-electron chi connectivity index (χ1n) is 10.8. The SMILES string of the molecule is Cc1ccc(N2C(=S)NC(=[N+](C)c3c(C)cccc3C)C2(C)Cc2ccccc2)c(Br)c1. The van der Waals surface area contributed by atoms with Gasteiger partial charge in [-0.05, 0) is 90.2 Å². The Kier molecular flexibility index (Phi) is 6.24. The van der Waals surface area contributed by atoms with Gasteiger partial charge in [-0.1, -0.05) is 54.6 Å². The first-order chi connectivity index (χ1) is 15.2. The Morgan fingerprint density at radius 1 is 0.969 bits per heavy atom. The molecule has 1 unspecified atom stereocenters. The molecular formula is C27H29BrN3S+. The van der Waals surface area contributed by atoms with Crippen LogP contribution < -0.4 is 10.2 Å². The van der Waals surface area contributed by atoms with Gasteiger partial charge in [0.25, 0.3) is 10.9 Å². The molecule has 4 rings (SSSR count). The number of amidine groups is 1. The molecule has 0 saturated carbocycles. The summed E-state index contributed by atoms with van der Waals surface area (Å²) in [5, 5.41) is 4.30. The second-order valence-corrected chi connectivity index (χ2v) is 10.0. The maximum Gasteiger partial charge on any atom is 0.283 e. The topological polar surface area (TPSA) is 18.3 Å². The van der Waals surface area contributed by atoms with E-state index in [1.165, 1.54) is 27.9 Å². The third-order valence-corrected chi connectivity index (χ3v) is 7.20. The monoisotopic (exact) mass is 506 g/mol. The lowest BCUT2D eigenvalue weighted by Crippen LogP contribution is -2.51. The van der Waals surface area contributed by atoms with Crippen molar-refractivity contribution in [3.63, 3.8) is 0 Å². The number of halogens is 1. The third kappa shape index (κ3) is 4.00. The van der Waals surface area contributed by atoms with Crippen LogP contribution in [-0.4, -0.2) is 28.1 Å². The lowest BCUT2D eigenvalue weighted by Gasteiger charge is -2.33. The molecule has 3 nitrogen and oxygen atoms in total. The van der Waals surface area contributed by atoms with Gasteiger partial charge in [-0.2, -0.15) is 0 Å². The fourth-order valence-electron chi connectivity index (χ4n) is 4.84. The Balaban J connectivity index is 1.95. The van der Waals surface area contributed by atoms with Gasteiger partial charge in [0.05, 0.1) is 12.7 Å². The van der Waals surface area contributed by atoms with Crippen LogP contribution in [0.3, 0.4) is 0 Å². The minimum absolute atomic E-state index is 0.403. The summed E-state index contributed by atoms with van der Waals surface area (Å²) in [6.07, 6.45) is 0.811. The lowest BCUT2D eigenvalue weighted by molar-refractivity contribution is -0.410. The average molecular weight is 508 g/mol. The highest BCUT2D eigenvalue weighted by molar-refractivity contribution is 9.10. The third-order valence-electron chi connectivity index (χ3n) is 6.28. The molecule has 0 bridgehead atoms. The van der Waals surface area contributed by atoms with E-state index in [4.69, 9.17) is 12.2 Å². The van der Waals surface area contributed by atoms with E-state index in [-0.39, 0.29) is 0 Å². The van der Waals surface area contributed by atoms with Gasteiger partial charge < -0.3 is 0 Å². The standard InChI is InChI=1S/C27H28BrN3S/c1-18-14-15-23(22(28)16-18)31-26(32)29-25(27(31,4)17-21-12-7-6-8-13-21)30(5)24-19(2)10-9-11-20(24)3/h6-16H,17H2,1-5H3/p+1. The Hall–Kier alpha value is -2.50. The van der Waals surface area contributed by atoms with Crippen LogP contribution in [0.2, 0.25) is 0 Å². The first kappa shape index (κ1) is 22.7. The van der Waals surface area contributed by atoms with Crippen molar-refractivity contribution in [2.24, 2.45) is 0 Å². The predicted molar refractivity (Wildman–Crippen MR) is 142 cm³/mol. The number of aryl methyl sites for hydroxylation is 3. The Morgan fingerprint density at radius 2 is 1.62 bits per heavy atom. The summed E-state index contributed by atoms with van der Waals surface area (Å²) in [5.41, 5.74) is 6.83. The van der Waals surface area contributed by atoms with Gasteiger partial charge in [0.15, 0.2) is 5.54 Å². The quantitative estimate of drug-likeness (QED) is 0.324. The van der Waals surface area contributed by atoms with Crippen LogP contribution in [0.15, 0.2) is 71.2 Å². The molecule has 164 valence electrons. The number of benzene rings is 3. The molecule has 1 aliphatic heterocycles. The van der Waals surface area contributed by atoms with Crippen LogP contribution in [0.5, 0.6) is 0 Å². The zero-order valence-corrected chi connectivity index (χ0v) is 21.6. The molecule has 1 heterocycles. The number of anilines is 1. The summed E-state index contributed by atoms with van der Waals surface area (Å²) in [6, 6.07) is 23.5. The lowest BCUT2D eigenvalue weighted by atomic mass is 9.90. The Labute approximate surface area is 204 Å². The number of hydrogen-bond acceptors (Lipinski definition) is 1. The van der Waals surface area contributed by atoms with Gasteiger partial charge in [0.1, 0.15) is 5.69 Å². The molecule has 5 heteroatoms. The van der Waals surface area contributed by atoms with E-state index in [0.29, 0.717) is 5.11 Å². The van der Waals surface area contributed by atoms with E-state index in [2.05, 4.69) is 132 Å². The molecule has 1 fully saturated rings. The molecular weight excluding hydrogens is 478 g/mol. The van der Waals surface area contributed by atoms with Crippen LogP contribution in [0.4, 0.5) is 11.4 Å². The minimum Gasteiger partial charge on any atom is -0.280 e. The van der Waals surface area contributed by atoms with Gasteiger partial charge >= 0.3 is 0 Å². The molecule has 3 aromatic carbocycles. The maximum atomic E-state index is 5.94. The van der Waals surface area contributed by atoms with E-state index in [9.17, 15) is 0 Å². The van der Waals surface area contributed by atoms with Gasteiger partial charge in [-0.25, -0.2) is 9.89 Å². The zero-order valence-electron chi connectivity index (χ0n) is 19.2. The smallest absolute Gasteiger partial charge is 0.280 e. The fourth-order valence-corrected chi connectivity index (χ4v) is 5.91. The van der Waals surface area contributed by atoms with Crippen molar-refractivity contribution in [1.82, 2.24) is 5.32 Å².